The van der Waals surface area contributed by atoms with Crippen molar-refractivity contribution in [1.29, 1.82) is 0 Å². The minimum atomic E-state index is -0.188. The molecule has 54 heavy (non-hydrogen) atoms. The van der Waals surface area contributed by atoms with Crippen molar-refractivity contribution in [2.45, 2.75) is 58.8 Å². The summed E-state index contributed by atoms with van der Waals surface area (Å²) in [7, 11) is 0. The van der Waals surface area contributed by atoms with Crippen LogP contribution in [0.15, 0.2) is 152 Å². The summed E-state index contributed by atoms with van der Waals surface area (Å²) in [5.41, 5.74) is 15.8. The fraction of sp³-hybridized carbons (Fsp3) is 0.176. The van der Waals surface area contributed by atoms with Crippen LogP contribution in [0.1, 0.15) is 81.3 Å². The zero-order chi connectivity index (χ0) is 36.2. The Morgan fingerprint density at radius 1 is 0.556 bits per heavy atom. The number of allylic oxidation sites excluding steroid dienone is 4. The second kappa shape index (κ2) is 15.6. The van der Waals surface area contributed by atoms with Gasteiger partial charge < -0.3 is 24.8 Å². The van der Waals surface area contributed by atoms with Crippen LogP contribution >= 0.6 is 0 Å². The van der Waals surface area contributed by atoms with Crippen molar-refractivity contribution in [2.24, 2.45) is 0 Å². The molecule has 2 aliphatic carbocycles. The number of rotatable bonds is 5. The van der Waals surface area contributed by atoms with Crippen LogP contribution in [0.2, 0.25) is 0 Å². The molecule has 0 bridgehead atoms. The first-order valence-electron chi connectivity index (χ1n) is 18.5. The maximum absolute atomic E-state index is 2.57. The van der Waals surface area contributed by atoms with E-state index in [1.54, 1.807) is 0 Å². The maximum atomic E-state index is 2.57. The largest absolute Gasteiger partial charge is 1.00 e. The van der Waals surface area contributed by atoms with Gasteiger partial charge in [-0.3, -0.25) is 0 Å². The molecule has 267 valence electrons. The van der Waals surface area contributed by atoms with Crippen molar-refractivity contribution in [1.82, 2.24) is 0 Å². The molecular formula is C51H45Cl2Zr. The second-order valence-electron chi connectivity index (χ2n) is 16.2. The van der Waals surface area contributed by atoms with Crippen LogP contribution in [0.5, 0.6) is 0 Å². The van der Waals surface area contributed by atoms with Crippen LogP contribution in [0.25, 0.3) is 36.7 Å². The molecule has 0 saturated carbocycles. The Balaban J connectivity index is 0.00000249. The predicted octanol–water partition coefficient (Wildman–Crippen LogP) is 5.52. The molecule has 0 fully saturated rings. The topological polar surface area (TPSA) is 0 Å². The van der Waals surface area contributed by atoms with E-state index in [9.17, 15) is 0 Å². The van der Waals surface area contributed by atoms with Gasteiger partial charge >= 0.3 is 326 Å². The summed E-state index contributed by atoms with van der Waals surface area (Å²) >= 11 is 1.43. The molecule has 0 amide bonds. The van der Waals surface area contributed by atoms with Gasteiger partial charge in [-0.15, -0.1) is 0 Å². The number of fused-ring (bicyclic) bond motifs is 2. The van der Waals surface area contributed by atoms with Gasteiger partial charge in [0, 0.05) is 0 Å². The monoisotopic (exact) mass is 817 g/mol. The first kappa shape index (κ1) is 39.7. The molecule has 8 rings (SSSR count). The number of benzene rings is 6. The zero-order valence-electron chi connectivity index (χ0n) is 31.9. The molecule has 6 aromatic rings. The molecule has 0 saturated heterocycles. The first-order valence-corrected chi connectivity index (χ1v) is 19.7. The summed E-state index contributed by atoms with van der Waals surface area (Å²) in [5.74, 6) is 0. The van der Waals surface area contributed by atoms with E-state index >= 15 is 0 Å². The van der Waals surface area contributed by atoms with Crippen molar-refractivity contribution in [3.8, 4) is 22.3 Å². The molecule has 3 heteroatoms. The molecule has 0 N–H and O–H groups in total. The first-order chi connectivity index (χ1) is 25.0. The number of halogens is 2. The van der Waals surface area contributed by atoms with Gasteiger partial charge in [0.05, 0.1) is 0 Å². The van der Waals surface area contributed by atoms with Gasteiger partial charge in [-0.1, -0.05) is 0 Å². The van der Waals surface area contributed by atoms with E-state index in [1.165, 1.54) is 116 Å². The van der Waals surface area contributed by atoms with Crippen LogP contribution in [0.3, 0.4) is 0 Å². The van der Waals surface area contributed by atoms with Gasteiger partial charge in [-0.05, 0) is 0 Å². The minimum Gasteiger partial charge on any atom is -1.00 e. The summed E-state index contributed by atoms with van der Waals surface area (Å²) in [6.07, 6.45) is 7.88. The van der Waals surface area contributed by atoms with Crippen LogP contribution < -0.4 is 35.3 Å². The van der Waals surface area contributed by atoms with Gasteiger partial charge in [-0.25, -0.2) is 0 Å². The maximum Gasteiger partial charge on any atom is -1.00 e. The minimum absolute atomic E-state index is 0. The van der Waals surface area contributed by atoms with E-state index in [0.29, 0.717) is 0 Å². The summed E-state index contributed by atoms with van der Waals surface area (Å²) in [6, 6.07) is 49.6. The molecule has 0 aliphatic heterocycles. The Morgan fingerprint density at radius 3 is 1.56 bits per heavy atom. The van der Waals surface area contributed by atoms with Crippen LogP contribution in [0.4, 0.5) is 0 Å². The fourth-order valence-corrected chi connectivity index (χ4v) is 9.53. The Bertz CT molecular complexity index is 2580. The SMILES string of the molecule is CC(C)(C)c1cc2c(cc1-c1ccccc1)=[C]([Zr+2])c1c(C3=CC=CC3)c(-c3ccccc3)c(C(C)(C)C)c(=C(c3ccccc3)c3ccccc3)c1=2.[Cl-].[Cl-]. The Morgan fingerprint density at radius 2 is 1.07 bits per heavy atom. The average Bonchev–Trinajstić information content (AvgIpc) is 3.78. The standard InChI is InChI=1S/C51H45.2ClH.Zr/c1-50(2,3)43-33-41-39(31-40(43)34-21-11-7-12-22-34)32-42-45(37-29-19-20-30-37)46(38-27-17-10-18-28-38)49(51(4,5)6)48(47(41)42)44(35-23-13-8-14-24-35)36-25-15-9-16-26-36;;;/h7-29,31,33H,30H2,1-6H3;2*1H;/q;;;+2/p-2. The normalized spacial score (nSPS) is 13.1. The van der Waals surface area contributed by atoms with E-state index < -0.39 is 0 Å². The van der Waals surface area contributed by atoms with E-state index in [4.69, 9.17) is 0 Å². The molecule has 0 atom stereocenters. The van der Waals surface area contributed by atoms with E-state index in [0.717, 1.165) is 6.42 Å². The number of hydrogen-bond donors (Lipinski definition) is 0. The second-order valence-corrected chi connectivity index (χ2v) is 17.5. The van der Waals surface area contributed by atoms with E-state index in [-0.39, 0.29) is 35.6 Å². The van der Waals surface area contributed by atoms with Crippen molar-refractivity contribution in [2.75, 3.05) is 0 Å². The van der Waals surface area contributed by atoms with Gasteiger partial charge in [0.2, 0.25) is 0 Å². The molecule has 0 nitrogen and oxygen atoms in total. The molecular weight excluding hydrogens is 775 g/mol. The fourth-order valence-electron chi connectivity index (χ4n) is 8.41. The Hall–Kier alpha value is -4.00. The average molecular weight is 820 g/mol. The predicted molar refractivity (Wildman–Crippen MR) is 217 cm³/mol. The van der Waals surface area contributed by atoms with Crippen molar-refractivity contribution >= 4 is 14.4 Å². The van der Waals surface area contributed by atoms with Crippen LogP contribution in [0, 0.1) is 10.4 Å². The molecule has 0 radical (unpaired) electrons. The quantitative estimate of drug-likeness (QED) is 0.215. The van der Waals surface area contributed by atoms with Gasteiger partial charge in [-0.2, -0.15) is 0 Å². The summed E-state index contributed by atoms with van der Waals surface area (Å²) in [5, 5.41) is 5.49. The van der Waals surface area contributed by atoms with Crippen molar-refractivity contribution < 1.29 is 49.5 Å². The Labute approximate surface area is 348 Å². The molecule has 0 unspecified atom stereocenters. The molecule has 6 aromatic carbocycles. The van der Waals surface area contributed by atoms with E-state index in [2.05, 4.69) is 193 Å². The molecule has 0 heterocycles. The summed E-state index contributed by atoms with van der Waals surface area (Å²) in [4.78, 5) is 0. The van der Waals surface area contributed by atoms with Crippen molar-refractivity contribution in [3.63, 3.8) is 0 Å². The Kier molecular flexibility index (Phi) is 11.5. The zero-order valence-corrected chi connectivity index (χ0v) is 35.9. The number of hydrogen-bond acceptors (Lipinski definition) is 0. The third-order valence-corrected chi connectivity index (χ3v) is 11.9. The van der Waals surface area contributed by atoms with Crippen molar-refractivity contribution in [3.05, 3.63) is 206 Å². The van der Waals surface area contributed by atoms with Gasteiger partial charge in [0.15, 0.2) is 0 Å². The van der Waals surface area contributed by atoms with E-state index in [1.807, 2.05) is 0 Å². The van der Waals surface area contributed by atoms with Gasteiger partial charge in [0.25, 0.3) is 0 Å². The third kappa shape index (κ3) is 7.01. The van der Waals surface area contributed by atoms with Gasteiger partial charge in [0.1, 0.15) is 0 Å². The summed E-state index contributed by atoms with van der Waals surface area (Å²) < 4.78 is 1.44. The van der Waals surface area contributed by atoms with Crippen LogP contribution in [-0.2, 0) is 35.5 Å². The third-order valence-electron chi connectivity index (χ3n) is 10.6. The molecule has 0 spiro atoms. The molecule has 0 aromatic heterocycles. The summed E-state index contributed by atoms with van der Waals surface area (Å²) in [6.45, 7) is 14.4. The molecule has 2 aliphatic rings. The van der Waals surface area contributed by atoms with Crippen LogP contribution in [-0.4, -0.2) is 0 Å². The smallest absolute Gasteiger partial charge is 1.00 e.